The van der Waals surface area contributed by atoms with Gasteiger partial charge in [-0.15, -0.1) is 11.8 Å². The molecule has 0 aromatic heterocycles. The zero-order valence-corrected chi connectivity index (χ0v) is 12.4. The van der Waals surface area contributed by atoms with Crippen molar-refractivity contribution >= 4 is 29.0 Å². The number of primary amides is 1. The zero-order valence-electron chi connectivity index (χ0n) is 11.6. The smallest absolute Gasteiger partial charge is 0.248 e. The number of benzene rings is 2. The lowest BCUT2D eigenvalue weighted by atomic mass is 10.1. The number of anilines is 2. The topological polar surface area (TPSA) is 78.9 Å². The molecule has 2 aromatic rings. The highest BCUT2D eigenvalue weighted by atomic mass is 32.2. The Kier molecular flexibility index (Phi) is 4.85. The first-order chi connectivity index (χ1) is 10.2. The van der Waals surface area contributed by atoms with Gasteiger partial charge in [-0.3, -0.25) is 4.79 Å². The van der Waals surface area contributed by atoms with Crippen molar-refractivity contribution in [2.45, 2.75) is 11.8 Å². The number of nitriles is 1. The van der Waals surface area contributed by atoms with E-state index in [0.717, 1.165) is 22.0 Å². The molecule has 0 aliphatic carbocycles. The Morgan fingerprint density at radius 2 is 2.10 bits per heavy atom. The molecule has 4 nitrogen and oxygen atoms in total. The van der Waals surface area contributed by atoms with Gasteiger partial charge in [0.1, 0.15) is 6.07 Å². The second kappa shape index (κ2) is 6.82. The Morgan fingerprint density at radius 1 is 1.33 bits per heavy atom. The van der Waals surface area contributed by atoms with Gasteiger partial charge >= 0.3 is 0 Å². The molecule has 0 bridgehead atoms. The Bertz CT molecular complexity index is 707. The standard InChI is InChI=1S/C16H15N3OS/c1-2-21-15-8-4-7-14(13(15)10-17)19-12-6-3-5-11(9-12)16(18)20/h3-9,19H,2H2,1H3,(H2,18,20). The summed E-state index contributed by atoms with van der Waals surface area (Å²) in [5, 5.41) is 12.5. The van der Waals surface area contributed by atoms with Crippen molar-refractivity contribution in [1.29, 1.82) is 5.26 Å². The first-order valence-electron chi connectivity index (χ1n) is 6.48. The molecule has 0 saturated heterocycles. The van der Waals surface area contributed by atoms with E-state index in [0.29, 0.717) is 11.1 Å². The number of amides is 1. The number of nitrogens with zero attached hydrogens (tertiary/aromatic N) is 1. The maximum absolute atomic E-state index is 11.2. The molecule has 0 atom stereocenters. The Morgan fingerprint density at radius 3 is 2.76 bits per heavy atom. The summed E-state index contributed by atoms with van der Waals surface area (Å²) in [6, 6.07) is 14.8. The van der Waals surface area contributed by atoms with Crippen LogP contribution in [-0.4, -0.2) is 11.7 Å². The quantitative estimate of drug-likeness (QED) is 0.828. The van der Waals surface area contributed by atoms with Crippen LogP contribution in [0.15, 0.2) is 47.4 Å². The summed E-state index contributed by atoms with van der Waals surface area (Å²) in [5.74, 6) is 0.421. The largest absolute Gasteiger partial charge is 0.366 e. The number of nitrogens with two attached hydrogens (primary N) is 1. The molecule has 0 unspecified atom stereocenters. The molecule has 0 aliphatic rings. The van der Waals surface area contributed by atoms with Gasteiger partial charge in [0.15, 0.2) is 0 Å². The minimum absolute atomic E-state index is 0.428. The lowest BCUT2D eigenvalue weighted by molar-refractivity contribution is 0.100. The molecule has 0 spiro atoms. The maximum atomic E-state index is 11.2. The van der Waals surface area contributed by atoms with E-state index in [-0.39, 0.29) is 0 Å². The van der Waals surface area contributed by atoms with Gasteiger partial charge in [-0.2, -0.15) is 5.26 Å². The average molecular weight is 297 g/mol. The van der Waals surface area contributed by atoms with Gasteiger partial charge in [-0.05, 0) is 36.1 Å². The summed E-state index contributed by atoms with van der Waals surface area (Å²) >= 11 is 1.62. The van der Waals surface area contributed by atoms with Crippen molar-refractivity contribution in [3.8, 4) is 6.07 Å². The van der Waals surface area contributed by atoms with Crippen LogP contribution >= 0.6 is 11.8 Å². The van der Waals surface area contributed by atoms with Crippen molar-refractivity contribution < 1.29 is 4.79 Å². The van der Waals surface area contributed by atoms with Crippen LogP contribution in [0.25, 0.3) is 0 Å². The van der Waals surface area contributed by atoms with E-state index in [4.69, 9.17) is 5.73 Å². The molecule has 0 aliphatic heterocycles. The van der Waals surface area contributed by atoms with E-state index in [2.05, 4.69) is 11.4 Å². The van der Waals surface area contributed by atoms with Crippen LogP contribution in [0.3, 0.4) is 0 Å². The molecular formula is C16H15N3OS. The number of nitrogens with one attached hydrogen (secondary N) is 1. The highest BCUT2D eigenvalue weighted by Crippen LogP contribution is 2.29. The van der Waals surface area contributed by atoms with E-state index < -0.39 is 5.91 Å². The molecule has 2 aromatic carbocycles. The fourth-order valence-corrected chi connectivity index (χ4v) is 2.72. The van der Waals surface area contributed by atoms with Gasteiger partial charge in [-0.25, -0.2) is 0 Å². The molecule has 106 valence electrons. The zero-order chi connectivity index (χ0) is 15.2. The first-order valence-corrected chi connectivity index (χ1v) is 7.47. The van der Waals surface area contributed by atoms with Gasteiger partial charge in [0, 0.05) is 16.1 Å². The van der Waals surface area contributed by atoms with Crippen molar-refractivity contribution in [3.63, 3.8) is 0 Å². The fraction of sp³-hybridized carbons (Fsp3) is 0.125. The van der Waals surface area contributed by atoms with Crippen LogP contribution in [-0.2, 0) is 0 Å². The van der Waals surface area contributed by atoms with E-state index in [9.17, 15) is 10.1 Å². The van der Waals surface area contributed by atoms with Crippen molar-refractivity contribution in [2.75, 3.05) is 11.1 Å². The summed E-state index contributed by atoms with van der Waals surface area (Å²) < 4.78 is 0. The lowest BCUT2D eigenvalue weighted by Crippen LogP contribution is -2.10. The maximum Gasteiger partial charge on any atom is 0.248 e. The van der Waals surface area contributed by atoms with Gasteiger partial charge in [-0.1, -0.05) is 19.1 Å². The molecular weight excluding hydrogens is 282 g/mol. The Hall–Kier alpha value is -2.45. The normalized spacial score (nSPS) is 9.90. The molecule has 0 fully saturated rings. The molecule has 0 heterocycles. The number of carbonyl (C=O) groups is 1. The second-order valence-corrected chi connectivity index (χ2v) is 5.60. The average Bonchev–Trinajstić information content (AvgIpc) is 2.48. The summed E-state index contributed by atoms with van der Waals surface area (Å²) in [6.45, 7) is 2.04. The predicted octanol–water partition coefficient (Wildman–Crippen LogP) is 3.51. The molecule has 21 heavy (non-hydrogen) atoms. The molecule has 3 N–H and O–H groups in total. The van der Waals surface area contributed by atoms with Crippen molar-refractivity contribution in [2.24, 2.45) is 5.73 Å². The molecule has 0 saturated carbocycles. The Labute approximate surface area is 128 Å². The van der Waals surface area contributed by atoms with Crippen LogP contribution in [0.1, 0.15) is 22.8 Å². The van der Waals surface area contributed by atoms with Crippen LogP contribution < -0.4 is 11.1 Å². The molecule has 5 heteroatoms. The van der Waals surface area contributed by atoms with E-state index in [1.165, 1.54) is 0 Å². The Balaban J connectivity index is 2.36. The van der Waals surface area contributed by atoms with Crippen LogP contribution in [0, 0.1) is 11.3 Å². The van der Waals surface area contributed by atoms with Crippen LogP contribution in [0.4, 0.5) is 11.4 Å². The SMILES string of the molecule is CCSc1cccc(Nc2cccc(C(N)=O)c2)c1C#N. The predicted molar refractivity (Wildman–Crippen MR) is 85.8 cm³/mol. The number of hydrogen-bond donors (Lipinski definition) is 2. The van der Waals surface area contributed by atoms with Crippen molar-refractivity contribution in [1.82, 2.24) is 0 Å². The monoisotopic (exact) mass is 297 g/mol. The van der Waals surface area contributed by atoms with Crippen LogP contribution in [0.2, 0.25) is 0 Å². The first kappa shape index (κ1) is 14.9. The highest BCUT2D eigenvalue weighted by Gasteiger charge is 2.09. The third-order valence-corrected chi connectivity index (χ3v) is 3.80. The lowest BCUT2D eigenvalue weighted by Gasteiger charge is -2.11. The van der Waals surface area contributed by atoms with Crippen molar-refractivity contribution in [3.05, 3.63) is 53.6 Å². The summed E-state index contributed by atoms with van der Waals surface area (Å²) in [4.78, 5) is 12.1. The van der Waals surface area contributed by atoms with E-state index in [1.807, 2.05) is 31.2 Å². The summed E-state index contributed by atoms with van der Waals surface area (Å²) in [5.41, 5.74) is 7.75. The van der Waals surface area contributed by atoms with E-state index in [1.54, 1.807) is 30.0 Å². The summed E-state index contributed by atoms with van der Waals surface area (Å²) in [7, 11) is 0. The van der Waals surface area contributed by atoms with Gasteiger partial charge in [0.25, 0.3) is 0 Å². The molecule has 1 amide bonds. The summed E-state index contributed by atoms with van der Waals surface area (Å²) in [6.07, 6.45) is 0. The minimum Gasteiger partial charge on any atom is -0.366 e. The molecule has 2 rings (SSSR count). The fourth-order valence-electron chi connectivity index (χ4n) is 1.93. The number of rotatable bonds is 5. The van der Waals surface area contributed by atoms with Gasteiger partial charge in [0.2, 0.25) is 5.91 Å². The molecule has 0 radical (unpaired) electrons. The number of carbonyl (C=O) groups excluding carboxylic acids is 1. The number of thioether (sulfide) groups is 1. The third-order valence-electron chi connectivity index (χ3n) is 2.86. The number of hydrogen-bond acceptors (Lipinski definition) is 4. The highest BCUT2D eigenvalue weighted by molar-refractivity contribution is 7.99. The van der Waals surface area contributed by atoms with Crippen LogP contribution in [0.5, 0.6) is 0 Å². The van der Waals surface area contributed by atoms with E-state index >= 15 is 0 Å². The second-order valence-electron chi connectivity index (χ2n) is 4.29. The van der Waals surface area contributed by atoms with Gasteiger partial charge < -0.3 is 11.1 Å². The minimum atomic E-state index is -0.477. The van der Waals surface area contributed by atoms with Gasteiger partial charge in [0.05, 0.1) is 11.3 Å². The third kappa shape index (κ3) is 3.56.